The van der Waals surface area contributed by atoms with E-state index < -0.39 is 0 Å². The van der Waals surface area contributed by atoms with Crippen LogP contribution in [0.15, 0.2) is 18.3 Å². The number of aliphatic hydroxyl groups is 1. The monoisotopic (exact) mass is 494 g/mol. The molecule has 0 radical (unpaired) electrons. The molecule has 2 N–H and O–H groups in total. The number of rotatable bonds is 16. The van der Waals surface area contributed by atoms with Crippen molar-refractivity contribution in [3.63, 3.8) is 0 Å². The molecule has 1 rings (SSSR count). The average Bonchev–Trinajstić information content (AvgIpc) is 3.22. The molecule has 0 aliphatic heterocycles. The van der Waals surface area contributed by atoms with E-state index in [1.807, 2.05) is 31.6 Å². The van der Waals surface area contributed by atoms with Gasteiger partial charge in [-0.2, -0.15) is 0 Å². The predicted molar refractivity (Wildman–Crippen MR) is 141 cm³/mol. The van der Waals surface area contributed by atoms with Gasteiger partial charge in [0.1, 0.15) is 0 Å². The van der Waals surface area contributed by atoms with Crippen molar-refractivity contribution >= 4 is 11.7 Å². The molecule has 0 aliphatic rings. The standard InChI is InChI=1S/C22H38N4O3.C5H12O/c1-17(2)12-14-29-22(5,6)16-26-15-19(24-25-26)9-7-8-13-23-21(28)11-10-20(27)18(3)4;1-3-5(2)4-6/h10-11,15,17-18H,7-9,12-14,16H2,1-6H3,(H,23,28);5-6H,3-4H2,1-2H3/b11-10+;. The number of aromatic nitrogens is 3. The quantitative estimate of drug-likeness (QED) is 0.261. The van der Waals surface area contributed by atoms with Crippen LogP contribution in [-0.4, -0.2) is 57.2 Å². The number of nitrogens with one attached hydrogen (secondary N) is 1. The summed E-state index contributed by atoms with van der Waals surface area (Å²) in [6, 6.07) is 0. The van der Waals surface area contributed by atoms with Crippen LogP contribution in [0, 0.1) is 17.8 Å². The molecule has 1 aromatic rings. The van der Waals surface area contributed by atoms with Gasteiger partial charge < -0.3 is 15.2 Å². The van der Waals surface area contributed by atoms with E-state index in [0.717, 1.165) is 44.4 Å². The molecule has 8 heteroatoms. The summed E-state index contributed by atoms with van der Waals surface area (Å²) in [6.07, 6.45) is 9.29. The molecule has 0 fully saturated rings. The Kier molecular flexibility index (Phi) is 17.2. The van der Waals surface area contributed by atoms with Gasteiger partial charge in [-0.25, -0.2) is 4.68 Å². The van der Waals surface area contributed by atoms with Crippen LogP contribution in [0.25, 0.3) is 0 Å². The maximum absolute atomic E-state index is 11.7. The van der Waals surface area contributed by atoms with E-state index in [1.165, 1.54) is 12.2 Å². The van der Waals surface area contributed by atoms with Crippen molar-refractivity contribution in [2.24, 2.45) is 17.8 Å². The van der Waals surface area contributed by atoms with E-state index in [1.54, 1.807) is 0 Å². The van der Waals surface area contributed by atoms with Crippen LogP contribution in [0.4, 0.5) is 0 Å². The molecule has 0 aromatic carbocycles. The molecule has 1 unspecified atom stereocenters. The molecule has 1 atom stereocenters. The minimum atomic E-state index is -0.283. The van der Waals surface area contributed by atoms with E-state index in [4.69, 9.17) is 9.84 Å². The number of hydrogen-bond acceptors (Lipinski definition) is 6. The molecular weight excluding hydrogens is 444 g/mol. The minimum Gasteiger partial charge on any atom is -0.396 e. The van der Waals surface area contributed by atoms with Crippen LogP contribution in [-0.2, 0) is 27.3 Å². The maximum Gasteiger partial charge on any atom is 0.244 e. The molecule has 8 nitrogen and oxygen atoms in total. The number of ether oxygens (including phenoxy) is 1. The fourth-order valence-corrected chi connectivity index (χ4v) is 2.72. The second-order valence-electron chi connectivity index (χ2n) is 10.5. The first kappa shape index (κ1) is 32.9. The Morgan fingerprint density at radius 3 is 2.40 bits per heavy atom. The van der Waals surface area contributed by atoms with E-state index in [-0.39, 0.29) is 23.2 Å². The van der Waals surface area contributed by atoms with Crippen LogP contribution in [0.5, 0.6) is 0 Å². The fraction of sp³-hybridized carbons (Fsp3) is 0.778. The Balaban J connectivity index is 0.00000170. The number of carbonyl (C=O) groups is 2. The second kappa shape index (κ2) is 18.2. The van der Waals surface area contributed by atoms with Gasteiger partial charge in [-0.05, 0) is 57.4 Å². The lowest BCUT2D eigenvalue weighted by Gasteiger charge is -2.25. The average molecular weight is 495 g/mol. The summed E-state index contributed by atoms with van der Waals surface area (Å²) in [4.78, 5) is 23.1. The SMILES string of the molecule is CC(C)CCOC(C)(C)Cn1cc(CCCCNC(=O)/C=C/C(=O)C(C)C)nn1.CCC(C)CO. The van der Waals surface area contributed by atoms with Crippen molar-refractivity contribution in [1.29, 1.82) is 0 Å². The molecule has 202 valence electrons. The Morgan fingerprint density at radius 1 is 1.17 bits per heavy atom. The van der Waals surface area contributed by atoms with Gasteiger partial charge in [0.25, 0.3) is 0 Å². The van der Waals surface area contributed by atoms with Gasteiger partial charge in [0, 0.05) is 37.9 Å². The van der Waals surface area contributed by atoms with Crippen molar-refractivity contribution in [3.8, 4) is 0 Å². The lowest BCUT2D eigenvalue weighted by molar-refractivity contribution is -0.119. The second-order valence-corrected chi connectivity index (χ2v) is 10.5. The molecule has 0 saturated carbocycles. The minimum absolute atomic E-state index is 0.0447. The largest absolute Gasteiger partial charge is 0.396 e. The fourth-order valence-electron chi connectivity index (χ4n) is 2.72. The maximum atomic E-state index is 11.7. The number of allylic oxidation sites excluding steroid dienone is 1. The number of aryl methyl sites for hydroxylation is 1. The van der Waals surface area contributed by atoms with Crippen LogP contribution >= 0.6 is 0 Å². The number of carbonyl (C=O) groups excluding carboxylic acids is 2. The lowest BCUT2D eigenvalue weighted by atomic mass is 10.1. The Morgan fingerprint density at radius 2 is 1.86 bits per heavy atom. The Labute approximate surface area is 212 Å². The van der Waals surface area contributed by atoms with Crippen LogP contribution in [0.3, 0.4) is 0 Å². The van der Waals surface area contributed by atoms with E-state index in [0.29, 0.717) is 31.5 Å². The summed E-state index contributed by atoms with van der Waals surface area (Å²) < 4.78 is 7.82. The summed E-state index contributed by atoms with van der Waals surface area (Å²) in [5.74, 6) is 0.753. The van der Waals surface area contributed by atoms with Gasteiger partial charge in [0.15, 0.2) is 5.78 Å². The third kappa shape index (κ3) is 17.9. The van der Waals surface area contributed by atoms with Crippen LogP contribution in [0.2, 0.25) is 0 Å². The highest BCUT2D eigenvalue weighted by Gasteiger charge is 2.20. The summed E-state index contributed by atoms with van der Waals surface area (Å²) in [6.45, 7) is 18.5. The van der Waals surface area contributed by atoms with Gasteiger partial charge in [0.05, 0.1) is 17.8 Å². The van der Waals surface area contributed by atoms with Gasteiger partial charge in [-0.3, -0.25) is 9.59 Å². The number of hydrogen-bond donors (Lipinski definition) is 2. The van der Waals surface area contributed by atoms with E-state index >= 15 is 0 Å². The topological polar surface area (TPSA) is 106 Å². The van der Waals surface area contributed by atoms with Crippen molar-refractivity contribution in [2.75, 3.05) is 19.8 Å². The van der Waals surface area contributed by atoms with E-state index in [9.17, 15) is 9.59 Å². The molecule has 0 spiro atoms. The van der Waals surface area contributed by atoms with Gasteiger partial charge in [-0.1, -0.05) is 53.2 Å². The van der Waals surface area contributed by atoms with Gasteiger partial charge in [-0.15, -0.1) is 5.10 Å². The van der Waals surface area contributed by atoms with Crippen molar-refractivity contribution < 1.29 is 19.4 Å². The first-order valence-corrected chi connectivity index (χ1v) is 13.0. The van der Waals surface area contributed by atoms with Crippen molar-refractivity contribution in [3.05, 3.63) is 24.0 Å². The highest BCUT2D eigenvalue weighted by Crippen LogP contribution is 2.14. The van der Waals surface area contributed by atoms with Crippen molar-refractivity contribution in [1.82, 2.24) is 20.3 Å². The molecule has 1 heterocycles. The van der Waals surface area contributed by atoms with Gasteiger partial charge in [0.2, 0.25) is 5.91 Å². The first-order chi connectivity index (χ1) is 16.4. The molecule has 1 amide bonds. The van der Waals surface area contributed by atoms with Crippen LogP contribution < -0.4 is 5.32 Å². The number of unbranched alkanes of at least 4 members (excludes halogenated alkanes) is 1. The highest BCUT2D eigenvalue weighted by molar-refractivity contribution is 5.98. The zero-order chi connectivity index (χ0) is 26.9. The summed E-state index contributed by atoms with van der Waals surface area (Å²) in [7, 11) is 0. The van der Waals surface area contributed by atoms with E-state index in [2.05, 4.69) is 50.2 Å². The highest BCUT2D eigenvalue weighted by atomic mass is 16.5. The molecule has 35 heavy (non-hydrogen) atoms. The molecule has 0 aliphatic carbocycles. The Bertz CT molecular complexity index is 737. The van der Waals surface area contributed by atoms with Crippen molar-refractivity contribution in [2.45, 2.75) is 99.6 Å². The summed E-state index contributed by atoms with van der Waals surface area (Å²) >= 11 is 0. The smallest absolute Gasteiger partial charge is 0.244 e. The number of aliphatic hydroxyl groups excluding tert-OH is 1. The molecule has 0 bridgehead atoms. The zero-order valence-corrected chi connectivity index (χ0v) is 23.3. The predicted octanol–water partition coefficient (Wildman–Crippen LogP) is 4.36. The number of amides is 1. The first-order valence-electron chi connectivity index (χ1n) is 13.0. The zero-order valence-electron chi connectivity index (χ0n) is 23.3. The Hall–Kier alpha value is -2.06. The van der Waals surface area contributed by atoms with Crippen LogP contribution in [0.1, 0.15) is 86.8 Å². The number of ketones is 1. The normalized spacial score (nSPS) is 12.7. The number of nitrogens with zero attached hydrogens (tertiary/aromatic N) is 3. The molecule has 1 aromatic heterocycles. The summed E-state index contributed by atoms with van der Waals surface area (Å²) in [5, 5.41) is 19.6. The lowest BCUT2D eigenvalue weighted by Crippen LogP contribution is -2.31. The van der Waals surface area contributed by atoms with Gasteiger partial charge >= 0.3 is 0 Å². The third-order valence-corrected chi connectivity index (χ3v) is 5.45. The molecular formula is C27H50N4O4. The third-order valence-electron chi connectivity index (χ3n) is 5.45. The summed E-state index contributed by atoms with van der Waals surface area (Å²) in [5.41, 5.74) is 0.658. The molecule has 0 saturated heterocycles.